The standard InChI is InChI=1S/C15H37NO3Si2/c1-9-10-11-16(15(2,3)4)12-13-21(17-5,18-6)19-14-20(7)8/h20H,9-14H2,1-8H3. The van der Waals surface area contributed by atoms with Gasteiger partial charge in [-0.15, -0.1) is 0 Å². The van der Waals surface area contributed by atoms with Crippen molar-refractivity contribution in [1.82, 2.24) is 4.90 Å². The zero-order chi connectivity index (χ0) is 16.5. The lowest BCUT2D eigenvalue weighted by atomic mass is 10.1. The average Bonchev–Trinajstić information content (AvgIpc) is 2.41. The minimum Gasteiger partial charge on any atom is -0.377 e. The van der Waals surface area contributed by atoms with Crippen LogP contribution in [0, 0.1) is 0 Å². The fraction of sp³-hybridized carbons (Fsp3) is 1.00. The maximum Gasteiger partial charge on any atom is 0.501 e. The van der Waals surface area contributed by atoms with Crippen LogP contribution in [0.3, 0.4) is 0 Å². The molecule has 0 aromatic carbocycles. The molecule has 0 N–H and O–H groups in total. The van der Waals surface area contributed by atoms with E-state index in [4.69, 9.17) is 13.3 Å². The van der Waals surface area contributed by atoms with Crippen LogP contribution in [0.25, 0.3) is 0 Å². The van der Waals surface area contributed by atoms with Crippen LogP contribution >= 0.6 is 0 Å². The third-order valence-corrected chi connectivity index (χ3v) is 7.53. The van der Waals surface area contributed by atoms with Crippen LogP contribution in [0.5, 0.6) is 0 Å². The zero-order valence-electron chi connectivity index (χ0n) is 15.5. The molecule has 0 saturated carbocycles. The van der Waals surface area contributed by atoms with E-state index in [9.17, 15) is 0 Å². The Morgan fingerprint density at radius 3 is 2.00 bits per heavy atom. The van der Waals surface area contributed by atoms with Crippen LogP contribution in [0.2, 0.25) is 19.1 Å². The van der Waals surface area contributed by atoms with Gasteiger partial charge >= 0.3 is 8.80 Å². The molecule has 128 valence electrons. The molecule has 0 heterocycles. The lowest BCUT2D eigenvalue weighted by Crippen LogP contribution is -2.50. The highest BCUT2D eigenvalue weighted by atomic mass is 28.4. The Hall–Kier alpha value is 0.274. The van der Waals surface area contributed by atoms with Crippen molar-refractivity contribution in [3.05, 3.63) is 0 Å². The fourth-order valence-electron chi connectivity index (χ4n) is 2.17. The minimum absolute atomic E-state index is 0.170. The minimum atomic E-state index is -2.49. The van der Waals surface area contributed by atoms with Gasteiger partial charge in [-0.05, 0) is 33.7 Å². The largest absolute Gasteiger partial charge is 0.501 e. The third kappa shape index (κ3) is 8.47. The highest BCUT2D eigenvalue weighted by Gasteiger charge is 2.40. The van der Waals surface area contributed by atoms with E-state index in [1.54, 1.807) is 14.2 Å². The second kappa shape index (κ2) is 10.1. The maximum atomic E-state index is 6.09. The van der Waals surface area contributed by atoms with E-state index in [-0.39, 0.29) is 5.54 Å². The maximum absolute atomic E-state index is 6.09. The van der Waals surface area contributed by atoms with E-state index >= 15 is 0 Å². The molecule has 0 unspecified atom stereocenters. The van der Waals surface area contributed by atoms with Crippen molar-refractivity contribution in [3.63, 3.8) is 0 Å². The van der Waals surface area contributed by atoms with Gasteiger partial charge in [-0.2, -0.15) is 0 Å². The lowest BCUT2D eigenvalue weighted by Gasteiger charge is -2.37. The first-order chi connectivity index (χ1) is 9.70. The van der Waals surface area contributed by atoms with E-state index in [2.05, 4.69) is 45.7 Å². The molecule has 6 heteroatoms. The van der Waals surface area contributed by atoms with Crippen molar-refractivity contribution < 1.29 is 13.3 Å². The smallest absolute Gasteiger partial charge is 0.377 e. The second-order valence-corrected chi connectivity index (χ2v) is 13.1. The van der Waals surface area contributed by atoms with Crippen molar-refractivity contribution in [3.8, 4) is 0 Å². The van der Waals surface area contributed by atoms with Gasteiger partial charge in [-0.3, -0.25) is 4.90 Å². The summed E-state index contributed by atoms with van der Waals surface area (Å²) >= 11 is 0. The highest BCUT2D eigenvalue weighted by Crippen LogP contribution is 2.20. The Morgan fingerprint density at radius 2 is 1.62 bits per heavy atom. The van der Waals surface area contributed by atoms with Crippen molar-refractivity contribution in [2.24, 2.45) is 0 Å². The van der Waals surface area contributed by atoms with Crippen LogP contribution in [-0.4, -0.2) is 61.6 Å². The summed E-state index contributed by atoms with van der Waals surface area (Å²) in [6.45, 7) is 15.7. The Morgan fingerprint density at radius 1 is 1.05 bits per heavy atom. The van der Waals surface area contributed by atoms with Gasteiger partial charge in [0, 0.05) is 38.6 Å². The van der Waals surface area contributed by atoms with E-state index in [0.717, 1.165) is 25.4 Å². The van der Waals surface area contributed by atoms with Gasteiger partial charge in [0.15, 0.2) is 0 Å². The quantitative estimate of drug-likeness (QED) is 0.543. The fourth-order valence-corrected chi connectivity index (χ4v) is 6.02. The summed E-state index contributed by atoms with van der Waals surface area (Å²) in [7, 11) is 0.200. The molecular weight excluding hydrogens is 298 g/mol. The summed E-state index contributed by atoms with van der Waals surface area (Å²) in [5.41, 5.74) is 0.170. The molecule has 0 aliphatic carbocycles. The van der Waals surface area contributed by atoms with Crippen molar-refractivity contribution >= 4 is 17.6 Å². The first-order valence-corrected chi connectivity index (χ1v) is 13.3. The van der Waals surface area contributed by atoms with Crippen LogP contribution in [0.4, 0.5) is 0 Å². The SMILES string of the molecule is CCCCN(CC[Si](OC)(OC)OC[SiH](C)C)C(C)(C)C. The molecule has 0 fully saturated rings. The first-order valence-electron chi connectivity index (χ1n) is 8.20. The number of hydrogen-bond acceptors (Lipinski definition) is 4. The molecule has 0 saturated heterocycles. The predicted molar refractivity (Wildman–Crippen MR) is 95.6 cm³/mol. The number of rotatable bonds is 11. The summed E-state index contributed by atoms with van der Waals surface area (Å²) in [6.07, 6.45) is 3.28. The topological polar surface area (TPSA) is 30.9 Å². The van der Waals surface area contributed by atoms with Crippen molar-refractivity contribution in [2.75, 3.05) is 33.5 Å². The monoisotopic (exact) mass is 335 g/mol. The van der Waals surface area contributed by atoms with Gasteiger partial charge in [-0.25, -0.2) is 0 Å². The van der Waals surface area contributed by atoms with Gasteiger partial charge < -0.3 is 13.3 Å². The molecule has 0 aliphatic heterocycles. The van der Waals surface area contributed by atoms with Crippen molar-refractivity contribution in [2.45, 2.75) is 65.2 Å². The van der Waals surface area contributed by atoms with E-state index in [1.807, 2.05) is 0 Å². The van der Waals surface area contributed by atoms with Gasteiger partial charge in [0.1, 0.15) is 0 Å². The normalized spacial score (nSPS) is 13.4. The Kier molecular flexibility index (Phi) is 10.3. The highest BCUT2D eigenvalue weighted by molar-refractivity contribution is 6.63. The molecule has 4 nitrogen and oxygen atoms in total. The summed E-state index contributed by atoms with van der Waals surface area (Å²) in [6, 6.07) is 0.863. The Bertz CT molecular complexity index is 266. The molecule has 0 aromatic heterocycles. The average molecular weight is 336 g/mol. The number of unbranched alkanes of at least 4 members (excludes halogenated alkanes) is 1. The summed E-state index contributed by atoms with van der Waals surface area (Å²) < 4.78 is 17.5. The van der Waals surface area contributed by atoms with Crippen LogP contribution < -0.4 is 0 Å². The van der Waals surface area contributed by atoms with E-state index in [1.165, 1.54) is 12.8 Å². The van der Waals surface area contributed by atoms with Crippen molar-refractivity contribution in [1.29, 1.82) is 0 Å². The zero-order valence-corrected chi connectivity index (χ0v) is 17.6. The van der Waals surface area contributed by atoms with Crippen LogP contribution in [0.1, 0.15) is 40.5 Å². The Labute approximate surface area is 135 Å². The Balaban J connectivity index is 4.67. The van der Waals surface area contributed by atoms with Crippen LogP contribution in [-0.2, 0) is 13.3 Å². The molecular formula is C15H37NO3Si2. The molecule has 0 amide bonds. The molecule has 0 aliphatic rings. The third-order valence-electron chi connectivity index (χ3n) is 3.68. The lowest BCUT2D eigenvalue weighted by molar-refractivity contribution is 0.0956. The van der Waals surface area contributed by atoms with Crippen LogP contribution in [0.15, 0.2) is 0 Å². The molecule has 0 rings (SSSR count). The first kappa shape index (κ1) is 21.3. The van der Waals surface area contributed by atoms with Gasteiger partial charge in [0.25, 0.3) is 0 Å². The van der Waals surface area contributed by atoms with Gasteiger partial charge in [0.2, 0.25) is 0 Å². The molecule has 0 radical (unpaired) electrons. The second-order valence-electron chi connectivity index (χ2n) is 7.06. The summed E-state index contributed by atoms with van der Waals surface area (Å²) in [4.78, 5) is 2.52. The molecule has 0 bridgehead atoms. The molecule has 21 heavy (non-hydrogen) atoms. The summed E-state index contributed by atoms with van der Waals surface area (Å²) in [5.74, 6) is 0. The number of nitrogens with zero attached hydrogens (tertiary/aromatic N) is 1. The number of hydrogen-bond donors (Lipinski definition) is 0. The molecule has 0 aromatic rings. The summed E-state index contributed by atoms with van der Waals surface area (Å²) in [5, 5.41) is 0. The predicted octanol–water partition coefficient (Wildman–Crippen LogP) is 3.16. The van der Waals surface area contributed by atoms with E-state index in [0.29, 0.717) is 0 Å². The van der Waals surface area contributed by atoms with Gasteiger partial charge in [-0.1, -0.05) is 26.4 Å². The molecule has 0 atom stereocenters. The molecule has 0 spiro atoms. The van der Waals surface area contributed by atoms with E-state index < -0.39 is 17.6 Å². The van der Waals surface area contributed by atoms with Gasteiger partial charge in [0.05, 0.1) is 8.80 Å².